The van der Waals surface area contributed by atoms with Gasteiger partial charge in [0.05, 0.1) is 0 Å². The van der Waals surface area contributed by atoms with Gasteiger partial charge in [0.15, 0.2) is 0 Å². The highest BCUT2D eigenvalue weighted by Gasteiger charge is 2.40. The lowest BCUT2D eigenvalue weighted by Gasteiger charge is -2.43. The van der Waals surface area contributed by atoms with Crippen molar-refractivity contribution >= 4 is 29.8 Å². The minimum atomic E-state index is 0. The second kappa shape index (κ2) is 8.33. The molecule has 3 aliphatic rings. The summed E-state index contributed by atoms with van der Waals surface area (Å²) in [6.45, 7) is 1.61. The molecule has 0 saturated heterocycles. The van der Waals surface area contributed by atoms with Crippen molar-refractivity contribution in [3.05, 3.63) is 53.7 Å². The second-order valence-corrected chi connectivity index (χ2v) is 8.67. The summed E-state index contributed by atoms with van der Waals surface area (Å²) in [5, 5.41) is 3.26. The molecular weight excluding hydrogens is 384 g/mol. The van der Waals surface area contributed by atoms with E-state index in [0.29, 0.717) is 17.9 Å². The number of fused-ring (bicyclic) bond motifs is 3. The van der Waals surface area contributed by atoms with Crippen LogP contribution in [0.4, 0.5) is 11.5 Å². The number of amides is 1. The molecule has 2 saturated carbocycles. The van der Waals surface area contributed by atoms with E-state index in [1.54, 1.807) is 0 Å². The first-order valence-electron chi connectivity index (χ1n) is 10.5. The number of carbonyl (C=O) groups excluding carboxylic acids is 1. The molecule has 2 aliphatic carbocycles. The second-order valence-electron chi connectivity index (χ2n) is 8.67. The van der Waals surface area contributed by atoms with Crippen LogP contribution in [0.15, 0.2) is 42.6 Å². The maximum absolute atomic E-state index is 13.1. The summed E-state index contributed by atoms with van der Waals surface area (Å²) in [5.41, 5.74) is 9.85. The minimum absolute atomic E-state index is 0. The van der Waals surface area contributed by atoms with Gasteiger partial charge in [0.25, 0.3) is 0 Å². The highest BCUT2D eigenvalue weighted by Crippen LogP contribution is 2.42. The van der Waals surface area contributed by atoms with Gasteiger partial charge in [-0.1, -0.05) is 24.6 Å². The summed E-state index contributed by atoms with van der Waals surface area (Å²) >= 11 is 0. The van der Waals surface area contributed by atoms with E-state index >= 15 is 0 Å². The zero-order chi connectivity index (χ0) is 19.1. The van der Waals surface area contributed by atoms with Gasteiger partial charge in [0.2, 0.25) is 5.91 Å². The van der Waals surface area contributed by atoms with E-state index in [0.717, 1.165) is 37.4 Å². The summed E-state index contributed by atoms with van der Waals surface area (Å²) in [6.07, 6.45) is 7.35. The molecule has 0 spiro atoms. The van der Waals surface area contributed by atoms with Crippen molar-refractivity contribution < 1.29 is 4.79 Å². The highest BCUT2D eigenvalue weighted by molar-refractivity contribution is 5.93. The average Bonchev–Trinajstić information content (AvgIpc) is 3.14. The number of halogens is 1. The van der Waals surface area contributed by atoms with Crippen molar-refractivity contribution in [3.8, 4) is 0 Å². The third-order valence-electron chi connectivity index (χ3n) is 7.00. The van der Waals surface area contributed by atoms with Crippen LogP contribution in [0.5, 0.6) is 0 Å². The van der Waals surface area contributed by atoms with Crippen LogP contribution in [0.3, 0.4) is 0 Å². The number of anilines is 2. The van der Waals surface area contributed by atoms with E-state index in [-0.39, 0.29) is 24.2 Å². The van der Waals surface area contributed by atoms with E-state index in [1.807, 2.05) is 36.5 Å². The zero-order valence-corrected chi connectivity index (χ0v) is 17.4. The van der Waals surface area contributed by atoms with Crippen molar-refractivity contribution in [3.63, 3.8) is 0 Å². The van der Waals surface area contributed by atoms with Gasteiger partial charge >= 0.3 is 0 Å². The largest absolute Gasteiger partial charge is 0.348 e. The molecule has 1 amide bonds. The van der Waals surface area contributed by atoms with E-state index in [1.165, 1.54) is 30.4 Å². The van der Waals surface area contributed by atoms with Crippen molar-refractivity contribution in [2.24, 2.45) is 23.5 Å². The van der Waals surface area contributed by atoms with Crippen molar-refractivity contribution in [2.75, 3.05) is 10.2 Å². The first kappa shape index (κ1) is 20.2. The van der Waals surface area contributed by atoms with E-state index in [2.05, 4.69) is 21.3 Å². The topological polar surface area (TPSA) is 71.2 Å². The predicted molar refractivity (Wildman–Crippen MR) is 118 cm³/mol. The molecule has 5 rings (SSSR count). The third-order valence-corrected chi connectivity index (χ3v) is 7.00. The maximum atomic E-state index is 13.1. The molecule has 6 heteroatoms. The first-order chi connectivity index (χ1) is 13.7. The van der Waals surface area contributed by atoms with Crippen LogP contribution in [-0.2, 0) is 17.9 Å². The highest BCUT2D eigenvalue weighted by atomic mass is 35.5. The SMILES string of the molecule is Cl.NC1C2CCCC1CC(C(=O)Nc1cccc3c1CN(c1ccccn1)C3)C2. The molecule has 1 aromatic carbocycles. The number of benzene rings is 1. The number of pyridine rings is 1. The lowest BCUT2D eigenvalue weighted by Crippen LogP contribution is -2.48. The van der Waals surface area contributed by atoms with Gasteiger partial charge in [-0.3, -0.25) is 4.79 Å². The Morgan fingerprint density at radius 3 is 2.59 bits per heavy atom. The van der Waals surface area contributed by atoms with Crippen LogP contribution in [0.2, 0.25) is 0 Å². The Morgan fingerprint density at radius 1 is 1.07 bits per heavy atom. The van der Waals surface area contributed by atoms with Gasteiger partial charge < -0.3 is 16.0 Å². The summed E-state index contributed by atoms with van der Waals surface area (Å²) in [6, 6.07) is 12.5. The van der Waals surface area contributed by atoms with E-state index < -0.39 is 0 Å². The number of nitrogens with one attached hydrogen (secondary N) is 1. The maximum Gasteiger partial charge on any atom is 0.227 e. The lowest BCUT2D eigenvalue weighted by molar-refractivity contribution is -0.122. The van der Waals surface area contributed by atoms with Crippen LogP contribution >= 0.6 is 12.4 Å². The average molecular weight is 413 g/mol. The Kier molecular flexibility index (Phi) is 5.79. The van der Waals surface area contributed by atoms with Gasteiger partial charge in [-0.05, 0) is 66.8 Å². The molecule has 2 unspecified atom stereocenters. The Morgan fingerprint density at radius 2 is 1.86 bits per heavy atom. The molecule has 2 bridgehead atoms. The van der Waals surface area contributed by atoms with Crippen molar-refractivity contribution in [2.45, 2.75) is 51.2 Å². The van der Waals surface area contributed by atoms with Gasteiger partial charge in [-0.15, -0.1) is 12.4 Å². The number of nitrogens with two attached hydrogens (primary N) is 1. The quantitative estimate of drug-likeness (QED) is 0.795. The Bertz CT molecular complexity index is 860. The van der Waals surface area contributed by atoms with Crippen molar-refractivity contribution in [1.82, 2.24) is 4.98 Å². The van der Waals surface area contributed by atoms with Crippen LogP contribution < -0.4 is 16.0 Å². The van der Waals surface area contributed by atoms with Gasteiger partial charge in [-0.2, -0.15) is 0 Å². The molecule has 1 aliphatic heterocycles. The number of carbonyl (C=O) groups is 1. The molecule has 5 nitrogen and oxygen atoms in total. The van der Waals surface area contributed by atoms with Gasteiger partial charge in [-0.25, -0.2) is 4.98 Å². The van der Waals surface area contributed by atoms with Crippen LogP contribution in [-0.4, -0.2) is 16.9 Å². The van der Waals surface area contributed by atoms with Gasteiger partial charge in [0, 0.05) is 36.9 Å². The summed E-state index contributed by atoms with van der Waals surface area (Å²) < 4.78 is 0. The molecule has 2 fully saturated rings. The minimum Gasteiger partial charge on any atom is -0.348 e. The molecule has 1 aromatic heterocycles. The van der Waals surface area contributed by atoms with Crippen molar-refractivity contribution in [1.29, 1.82) is 0 Å². The van der Waals surface area contributed by atoms with E-state index in [9.17, 15) is 4.79 Å². The summed E-state index contributed by atoms with van der Waals surface area (Å²) in [5.74, 6) is 2.28. The lowest BCUT2D eigenvalue weighted by atomic mass is 9.65. The fraction of sp³-hybridized carbons (Fsp3) is 0.478. The smallest absolute Gasteiger partial charge is 0.227 e. The van der Waals surface area contributed by atoms with Crippen LogP contribution in [0.1, 0.15) is 43.2 Å². The first-order valence-corrected chi connectivity index (χ1v) is 10.5. The van der Waals surface area contributed by atoms with Crippen LogP contribution in [0, 0.1) is 17.8 Å². The number of rotatable bonds is 3. The normalized spacial score (nSPS) is 27.7. The molecule has 2 aromatic rings. The predicted octanol–water partition coefficient (Wildman–Crippen LogP) is 4.12. The summed E-state index contributed by atoms with van der Waals surface area (Å²) in [7, 11) is 0. The zero-order valence-electron chi connectivity index (χ0n) is 16.6. The number of nitrogens with zero attached hydrogens (tertiary/aromatic N) is 2. The Labute approximate surface area is 178 Å². The standard InChI is InChI=1S/C23H28N4O.ClH/c24-22-15-5-3-6-16(22)12-18(11-15)23(28)26-20-8-4-7-17-13-27(14-19(17)20)21-9-1-2-10-25-21;/h1-2,4,7-10,15-16,18,22H,3,5-6,11-14,24H2,(H,26,28);1H. The number of aromatic nitrogens is 1. The molecule has 29 heavy (non-hydrogen) atoms. The van der Waals surface area contributed by atoms with Crippen LogP contribution in [0.25, 0.3) is 0 Å². The Hall–Kier alpha value is -2.11. The third kappa shape index (κ3) is 3.86. The fourth-order valence-corrected chi connectivity index (χ4v) is 5.48. The number of hydrogen-bond donors (Lipinski definition) is 2. The molecule has 3 N–H and O–H groups in total. The number of hydrogen-bond acceptors (Lipinski definition) is 4. The summed E-state index contributed by atoms with van der Waals surface area (Å²) in [4.78, 5) is 19.8. The Balaban J connectivity index is 0.00000205. The van der Waals surface area contributed by atoms with Gasteiger partial charge in [0.1, 0.15) is 5.82 Å². The van der Waals surface area contributed by atoms with E-state index in [4.69, 9.17) is 5.73 Å². The molecule has 0 radical (unpaired) electrons. The fourth-order valence-electron chi connectivity index (χ4n) is 5.48. The molecule has 2 atom stereocenters. The molecule has 154 valence electrons. The molecular formula is C23H29ClN4O. The molecule has 2 heterocycles. The monoisotopic (exact) mass is 412 g/mol.